The smallest absolute Gasteiger partial charge is 0.254 e. The molecule has 0 bridgehead atoms. The summed E-state index contributed by atoms with van der Waals surface area (Å²) < 4.78 is 14.3. The van der Waals surface area contributed by atoms with Gasteiger partial charge in [0.05, 0.1) is 36.3 Å². The minimum Gasteiger partial charge on any atom is -0.413 e. The van der Waals surface area contributed by atoms with Crippen molar-refractivity contribution in [3.05, 3.63) is 39.0 Å². The zero-order valence-corrected chi connectivity index (χ0v) is 23.5. The van der Waals surface area contributed by atoms with Crippen molar-refractivity contribution in [3.63, 3.8) is 0 Å². The van der Waals surface area contributed by atoms with Crippen molar-refractivity contribution in [1.29, 1.82) is 5.26 Å². The Hall–Kier alpha value is -1.90. The van der Waals surface area contributed by atoms with Crippen LogP contribution in [0.3, 0.4) is 0 Å². The summed E-state index contributed by atoms with van der Waals surface area (Å²) in [5, 5.41) is 17.8. The van der Waals surface area contributed by atoms with Gasteiger partial charge in [-0.25, -0.2) is 0 Å². The quantitative estimate of drug-likeness (QED) is 0.410. The van der Waals surface area contributed by atoms with Crippen LogP contribution in [0, 0.1) is 17.2 Å². The number of halogens is 2. The number of nitriles is 1. The summed E-state index contributed by atoms with van der Waals surface area (Å²) in [7, 11) is -1.97. The fraction of sp³-hybridized carbons (Fsp3) is 0.522. The number of amides is 1. The number of benzene rings is 1. The molecule has 11 heteroatoms. The van der Waals surface area contributed by atoms with Crippen molar-refractivity contribution < 1.29 is 14.0 Å². The molecule has 0 unspecified atom stereocenters. The van der Waals surface area contributed by atoms with E-state index in [0.29, 0.717) is 42.8 Å². The largest absolute Gasteiger partial charge is 0.413 e. The van der Waals surface area contributed by atoms with E-state index in [-0.39, 0.29) is 22.6 Å². The third-order valence-electron chi connectivity index (χ3n) is 6.59. The number of carbonyl (C=O) groups excluding carboxylic acids is 1. The Morgan fingerprint density at radius 3 is 2.79 bits per heavy atom. The molecule has 2 aromatic rings. The molecule has 34 heavy (non-hydrogen) atoms. The Balaban J connectivity index is 1.90. The Labute approximate surface area is 215 Å². The highest BCUT2D eigenvalue weighted by Gasteiger charge is 2.37. The van der Waals surface area contributed by atoms with E-state index >= 15 is 0 Å². The van der Waals surface area contributed by atoms with Crippen molar-refractivity contribution >= 4 is 53.3 Å². The van der Waals surface area contributed by atoms with Gasteiger partial charge in [0, 0.05) is 23.0 Å². The van der Waals surface area contributed by atoms with Gasteiger partial charge in [-0.15, -0.1) is 0 Å². The van der Waals surface area contributed by atoms with Crippen molar-refractivity contribution in [3.8, 4) is 6.07 Å². The van der Waals surface area contributed by atoms with E-state index < -0.39 is 14.2 Å². The van der Waals surface area contributed by atoms with Crippen LogP contribution in [0.5, 0.6) is 0 Å². The number of nitrogens with one attached hydrogen (secondary N) is 1. The first-order chi connectivity index (χ1) is 15.8. The minimum atomic E-state index is -1.97. The number of carbonyl (C=O) groups is 1. The van der Waals surface area contributed by atoms with E-state index in [1.165, 1.54) is 0 Å². The Kier molecular flexibility index (Phi) is 8.15. The van der Waals surface area contributed by atoms with E-state index in [1.54, 1.807) is 16.9 Å². The highest BCUT2D eigenvalue weighted by atomic mass is 79.9. The van der Waals surface area contributed by atoms with Gasteiger partial charge in [-0.2, -0.15) is 10.4 Å². The lowest BCUT2D eigenvalue weighted by atomic mass is 9.97. The van der Waals surface area contributed by atoms with Gasteiger partial charge in [-0.1, -0.05) is 32.4 Å². The summed E-state index contributed by atoms with van der Waals surface area (Å²) in [6.45, 7) is 12.2. The van der Waals surface area contributed by atoms with Crippen molar-refractivity contribution in [2.45, 2.75) is 58.0 Å². The molecule has 0 saturated carbocycles. The second kappa shape index (κ2) is 10.4. The van der Waals surface area contributed by atoms with Crippen LogP contribution in [0.25, 0.3) is 0 Å². The van der Waals surface area contributed by atoms with Gasteiger partial charge in [0.25, 0.3) is 5.91 Å². The molecule has 1 amide bonds. The number of hydrogen-bond donors (Lipinski definition) is 2. The van der Waals surface area contributed by atoms with Gasteiger partial charge >= 0.3 is 0 Å². The number of primary amides is 1. The lowest BCUT2D eigenvalue weighted by molar-refractivity contribution is 0.0342. The first-order valence-electron chi connectivity index (χ1n) is 11.1. The molecule has 1 saturated heterocycles. The number of aromatic nitrogens is 2. The number of nitrogens with zero attached hydrogens (tertiary/aromatic N) is 3. The fourth-order valence-electron chi connectivity index (χ4n) is 3.40. The maximum Gasteiger partial charge on any atom is 0.254 e. The van der Waals surface area contributed by atoms with E-state index in [2.05, 4.69) is 66.3 Å². The standard InChI is InChI=1S/C23H31BrClN5O3Si/c1-23(2,3)34(4,5)33-12-15-8-16(9-18(25)20(15)24)28-22-17(21(27)31)11-30(29-22)19-13-32-7-6-14(19)10-26/h8-9,11,14,19H,6-7,12-13H2,1-5H3,(H2,27,31)(H,28,29)/t14-,19+/m0/s1. The molecule has 8 nitrogen and oxygen atoms in total. The van der Waals surface area contributed by atoms with Crippen LogP contribution in [-0.2, 0) is 15.8 Å². The third-order valence-corrected chi connectivity index (χ3v) is 12.5. The monoisotopic (exact) mass is 567 g/mol. The molecule has 3 N–H and O–H groups in total. The zero-order chi connectivity index (χ0) is 25.3. The molecule has 0 aliphatic carbocycles. The molecule has 1 aromatic heterocycles. The van der Waals surface area contributed by atoms with Crippen LogP contribution in [0.2, 0.25) is 23.2 Å². The molecule has 3 rings (SSSR count). The van der Waals surface area contributed by atoms with Crippen molar-refractivity contribution in [2.75, 3.05) is 18.5 Å². The Morgan fingerprint density at radius 1 is 1.47 bits per heavy atom. The summed E-state index contributed by atoms with van der Waals surface area (Å²) in [6.07, 6.45) is 2.17. The average molecular weight is 569 g/mol. The third kappa shape index (κ3) is 5.83. The topological polar surface area (TPSA) is 115 Å². The van der Waals surface area contributed by atoms with Gasteiger partial charge in [-0.3, -0.25) is 9.48 Å². The molecule has 0 radical (unpaired) electrons. The highest BCUT2D eigenvalue weighted by molar-refractivity contribution is 9.10. The molecular weight excluding hydrogens is 538 g/mol. The normalized spacial score (nSPS) is 19.0. The number of anilines is 2. The zero-order valence-electron chi connectivity index (χ0n) is 20.1. The predicted molar refractivity (Wildman–Crippen MR) is 139 cm³/mol. The SMILES string of the molecule is CC(C)(C)[Si](C)(C)OCc1cc(Nc2nn([C@@H]3COCC[C@H]3C#N)cc2C(N)=O)cc(Cl)c1Br. The van der Waals surface area contributed by atoms with Crippen molar-refractivity contribution in [2.24, 2.45) is 11.7 Å². The highest BCUT2D eigenvalue weighted by Crippen LogP contribution is 2.39. The van der Waals surface area contributed by atoms with Crippen LogP contribution >= 0.6 is 27.5 Å². The number of rotatable bonds is 7. The Morgan fingerprint density at radius 2 is 2.18 bits per heavy atom. The average Bonchev–Trinajstić information content (AvgIpc) is 3.18. The van der Waals surface area contributed by atoms with Crippen LogP contribution < -0.4 is 11.1 Å². The fourth-order valence-corrected chi connectivity index (χ4v) is 4.93. The molecule has 1 aliphatic rings. The lowest BCUT2D eigenvalue weighted by Crippen LogP contribution is -2.40. The van der Waals surface area contributed by atoms with Crippen LogP contribution in [-0.4, -0.2) is 37.2 Å². The number of hydrogen-bond acceptors (Lipinski definition) is 6. The van der Waals surface area contributed by atoms with E-state index in [0.717, 1.165) is 10.0 Å². The summed E-state index contributed by atoms with van der Waals surface area (Å²) in [6, 6.07) is 5.66. The second-order valence-corrected chi connectivity index (χ2v) is 16.0. The molecule has 1 aromatic carbocycles. The first kappa shape index (κ1) is 26.7. The van der Waals surface area contributed by atoms with Crippen LogP contribution in [0.4, 0.5) is 11.5 Å². The summed E-state index contributed by atoms with van der Waals surface area (Å²) in [5.74, 6) is -0.587. The summed E-state index contributed by atoms with van der Waals surface area (Å²) in [5.41, 5.74) is 7.37. The molecule has 0 spiro atoms. The summed E-state index contributed by atoms with van der Waals surface area (Å²) >= 11 is 10.1. The molecule has 184 valence electrons. The molecule has 1 aliphatic heterocycles. The maximum absolute atomic E-state index is 12.1. The van der Waals surface area contributed by atoms with E-state index in [9.17, 15) is 10.1 Å². The van der Waals surface area contributed by atoms with Crippen LogP contribution in [0.1, 0.15) is 49.2 Å². The molecule has 1 fully saturated rings. The lowest BCUT2D eigenvalue weighted by Gasteiger charge is -2.36. The number of ether oxygens (including phenoxy) is 1. The molecule has 2 heterocycles. The van der Waals surface area contributed by atoms with Gasteiger partial charge in [0.15, 0.2) is 14.1 Å². The van der Waals surface area contributed by atoms with Gasteiger partial charge in [0.1, 0.15) is 5.56 Å². The van der Waals surface area contributed by atoms with Crippen LogP contribution in [0.15, 0.2) is 22.8 Å². The summed E-state index contributed by atoms with van der Waals surface area (Å²) in [4.78, 5) is 12.1. The number of nitrogens with two attached hydrogens (primary N) is 1. The second-order valence-electron chi connectivity index (χ2n) is 10.0. The van der Waals surface area contributed by atoms with Gasteiger partial charge in [0.2, 0.25) is 0 Å². The minimum absolute atomic E-state index is 0.0759. The van der Waals surface area contributed by atoms with E-state index in [1.807, 2.05) is 6.07 Å². The van der Waals surface area contributed by atoms with Gasteiger partial charge < -0.3 is 20.2 Å². The van der Waals surface area contributed by atoms with E-state index in [4.69, 9.17) is 26.5 Å². The Bertz CT molecular complexity index is 1110. The molecule has 2 atom stereocenters. The van der Waals surface area contributed by atoms with Crippen molar-refractivity contribution in [1.82, 2.24) is 9.78 Å². The van der Waals surface area contributed by atoms with Gasteiger partial charge in [-0.05, 0) is 58.2 Å². The first-order valence-corrected chi connectivity index (χ1v) is 15.2. The predicted octanol–water partition coefficient (Wildman–Crippen LogP) is 5.76. The molecular formula is C23H31BrClN5O3Si. The maximum atomic E-state index is 12.1.